The summed E-state index contributed by atoms with van der Waals surface area (Å²) in [6, 6.07) is 20.9. The Balaban J connectivity index is 1.58. The lowest BCUT2D eigenvalue weighted by Gasteiger charge is -2.43. The van der Waals surface area contributed by atoms with Crippen molar-refractivity contribution in [3.63, 3.8) is 0 Å². The molecule has 4 rings (SSSR count). The maximum atomic E-state index is 13.1. The van der Waals surface area contributed by atoms with Crippen LogP contribution in [0.3, 0.4) is 0 Å². The van der Waals surface area contributed by atoms with Gasteiger partial charge in [-0.25, -0.2) is 8.42 Å². The molecule has 0 spiro atoms. The number of alkyl halides is 3. The first-order valence-corrected chi connectivity index (χ1v) is 13.5. The first-order chi connectivity index (χ1) is 16.5. The molecule has 1 saturated heterocycles. The SMILES string of the molecule is CS(=O)(=O)c1cccc(N2CCN(Cc3ccc(C(F)(F)F)c(Cl)c3)[C@@H](Cc3ccccc3)C2)c1. The van der Waals surface area contributed by atoms with Crippen molar-refractivity contribution in [2.45, 2.75) is 30.1 Å². The predicted molar refractivity (Wildman–Crippen MR) is 133 cm³/mol. The molecular weight excluding hydrogens is 497 g/mol. The maximum absolute atomic E-state index is 13.1. The fraction of sp³-hybridized carbons (Fsp3) is 0.308. The molecule has 1 heterocycles. The van der Waals surface area contributed by atoms with Gasteiger partial charge >= 0.3 is 6.18 Å². The van der Waals surface area contributed by atoms with E-state index in [2.05, 4.69) is 21.9 Å². The van der Waals surface area contributed by atoms with Crippen LogP contribution in [0.2, 0.25) is 5.02 Å². The highest BCUT2D eigenvalue weighted by Gasteiger charge is 2.33. The number of benzene rings is 3. The van der Waals surface area contributed by atoms with Gasteiger partial charge in [-0.05, 0) is 47.9 Å². The summed E-state index contributed by atoms with van der Waals surface area (Å²) in [7, 11) is -3.33. The minimum absolute atomic E-state index is 0.0640. The molecule has 0 bridgehead atoms. The number of piperazine rings is 1. The van der Waals surface area contributed by atoms with Gasteiger partial charge in [0.15, 0.2) is 9.84 Å². The Morgan fingerprint density at radius 2 is 1.69 bits per heavy atom. The molecule has 9 heteroatoms. The highest BCUT2D eigenvalue weighted by molar-refractivity contribution is 7.90. The Morgan fingerprint density at radius 1 is 0.943 bits per heavy atom. The lowest BCUT2D eigenvalue weighted by Crippen LogP contribution is -2.53. The standard InChI is InChI=1S/C26H26ClF3N2O2S/c1-35(33,34)23-9-5-8-21(16-23)32-13-12-31(22(18-32)14-19-6-3-2-4-7-19)17-20-10-11-24(25(27)15-20)26(28,29)30/h2-11,15-16,22H,12-14,17-18H2,1H3/t22-/m0/s1. The number of nitrogens with zero attached hydrogens (tertiary/aromatic N) is 2. The van der Waals surface area contributed by atoms with E-state index < -0.39 is 21.6 Å². The van der Waals surface area contributed by atoms with Crippen LogP contribution in [-0.4, -0.2) is 45.2 Å². The van der Waals surface area contributed by atoms with Crippen molar-refractivity contribution in [1.29, 1.82) is 0 Å². The molecule has 0 radical (unpaired) electrons. The second kappa shape index (κ2) is 10.2. The molecule has 0 aromatic heterocycles. The van der Waals surface area contributed by atoms with Gasteiger partial charge in [0.1, 0.15) is 0 Å². The number of halogens is 4. The van der Waals surface area contributed by atoms with Gasteiger partial charge < -0.3 is 4.90 Å². The van der Waals surface area contributed by atoms with Crippen molar-refractivity contribution < 1.29 is 21.6 Å². The Hall–Kier alpha value is -2.55. The minimum Gasteiger partial charge on any atom is -0.369 e. The topological polar surface area (TPSA) is 40.6 Å². The first kappa shape index (κ1) is 25.5. The fourth-order valence-electron chi connectivity index (χ4n) is 4.45. The van der Waals surface area contributed by atoms with Crippen LogP contribution in [0.4, 0.5) is 18.9 Å². The summed E-state index contributed by atoms with van der Waals surface area (Å²) < 4.78 is 63.4. The second-order valence-electron chi connectivity index (χ2n) is 8.84. The normalized spacial score (nSPS) is 17.5. The van der Waals surface area contributed by atoms with E-state index in [1.807, 2.05) is 24.3 Å². The number of rotatable bonds is 6. The molecule has 0 saturated carbocycles. The highest BCUT2D eigenvalue weighted by atomic mass is 35.5. The second-order valence-corrected chi connectivity index (χ2v) is 11.3. The van der Waals surface area contributed by atoms with Crippen molar-refractivity contribution in [2.24, 2.45) is 0 Å². The van der Waals surface area contributed by atoms with E-state index in [1.54, 1.807) is 18.2 Å². The van der Waals surface area contributed by atoms with Gasteiger partial charge in [-0.1, -0.05) is 54.1 Å². The molecule has 186 valence electrons. The third-order valence-electron chi connectivity index (χ3n) is 6.25. The van der Waals surface area contributed by atoms with E-state index in [0.717, 1.165) is 23.7 Å². The summed E-state index contributed by atoms with van der Waals surface area (Å²) in [5.74, 6) is 0. The summed E-state index contributed by atoms with van der Waals surface area (Å²) >= 11 is 5.96. The highest BCUT2D eigenvalue weighted by Crippen LogP contribution is 2.35. The van der Waals surface area contributed by atoms with Crippen molar-refractivity contribution in [3.8, 4) is 0 Å². The zero-order valence-electron chi connectivity index (χ0n) is 19.2. The largest absolute Gasteiger partial charge is 0.417 e. The summed E-state index contributed by atoms with van der Waals surface area (Å²) in [4.78, 5) is 4.69. The number of sulfone groups is 1. The average Bonchev–Trinajstić information content (AvgIpc) is 2.80. The molecule has 3 aromatic rings. The summed E-state index contributed by atoms with van der Waals surface area (Å²) in [5.41, 5.74) is 1.87. The molecule has 1 fully saturated rings. The van der Waals surface area contributed by atoms with Gasteiger partial charge in [0.25, 0.3) is 0 Å². The molecule has 0 N–H and O–H groups in total. The monoisotopic (exact) mass is 522 g/mol. The molecule has 0 unspecified atom stereocenters. The van der Waals surface area contributed by atoms with Gasteiger partial charge in [0.05, 0.1) is 15.5 Å². The first-order valence-electron chi connectivity index (χ1n) is 11.2. The zero-order valence-corrected chi connectivity index (χ0v) is 20.7. The van der Waals surface area contributed by atoms with Gasteiger partial charge in [0, 0.05) is 44.2 Å². The number of hydrogen-bond donors (Lipinski definition) is 0. The van der Waals surface area contributed by atoms with Gasteiger partial charge in [-0.2, -0.15) is 13.2 Å². The van der Waals surface area contributed by atoms with Crippen molar-refractivity contribution >= 4 is 27.1 Å². The van der Waals surface area contributed by atoms with E-state index in [-0.39, 0.29) is 16.0 Å². The molecule has 1 aliphatic heterocycles. The lowest BCUT2D eigenvalue weighted by atomic mass is 10.0. The molecule has 0 aliphatic carbocycles. The molecule has 1 aliphatic rings. The quantitative estimate of drug-likeness (QED) is 0.416. The van der Waals surface area contributed by atoms with Crippen molar-refractivity contribution in [2.75, 3.05) is 30.8 Å². The van der Waals surface area contributed by atoms with E-state index >= 15 is 0 Å². The van der Waals surface area contributed by atoms with E-state index in [1.165, 1.54) is 18.4 Å². The minimum atomic E-state index is -4.49. The third-order valence-corrected chi connectivity index (χ3v) is 7.68. The van der Waals surface area contributed by atoms with Crippen LogP contribution in [-0.2, 0) is 29.0 Å². The molecule has 1 atom stereocenters. The third kappa shape index (κ3) is 6.37. The van der Waals surface area contributed by atoms with E-state index in [0.29, 0.717) is 31.7 Å². The Labute approximate surface area is 208 Å². The predicted octanol–water partition coefficient (Wildman–Crippen LogP) is 5.70. The number of hydrogen-bond acceptors (Lipinski definition) is 4. The van der Waals surface area contributed by atoms with Crippen molar-refractivity contribution in [1.82, 2.24) is 4.90 Å². The smallest absolute Gasteiger partial charge is 0.369 e. The molecule has 35 heavy (non-hydrogen) atoms. The van der Waals surface area contributed by atoms with Crippen LogP contribution < -0.4 is 4.90 Å². The van der Waals surface area contributed by atoms with Crippen LogP contribution in [0.25, 0.3) is 0 Å². The molecular formula is C26H26ClF3N2O2S. The molecule has 4 nitrogen and oxygen atoms in total. The van der Waals surface area contributed by atoms with Crippen LogP contribution in [0, 0.1) is 0 Å². The molecule has 3 aromatic carbocycles. The Bertz CT molecular complexity index is 1280. The lowest BCUT2D eigenvalue weighted by molar-refractivity contribution is -0.137. The summed E-state index contributed by atoms with van der Waals surface area (Å²) in [5, 5.41) is -0.300. The summed E-state index contributed by atoms with van der Waals surface area (Å²) in [6.45, 7) is 2.44. The fourth-order valence-corrected chi connectivity index (χ4v) is 5.42. The van der Waals surface area contributed by atoms with Gasteiger partial charge in [0.2, 0.25) is 0 Å². The van der Waals surface area contributed by atoms with Crippen LogP contribution in [0.15, 0.2) is 77.7 Å². The van der Waals surface area contributed by atoms with E-state index in [4.69, 9.17) is 11.6 Å². The van der Waals surface area contributed by atoms with Crippen LogP contribution >= 0.6 is 11.6 Å². The summed E-state index contributed by atoms with van der Waals surface area (Å²) in [6.07, 6.45) is -2.55. The Morgan fingerprint density at radius 3 is 2.34 bits per heavy atom. The average molecular weight is 523 g/mol. The van der Waals surface area contributed by atoms with Gasteiger partial charge in [-0.15, -0.1) is 0 Å². The van der Waals surface area contributed by atoms with E-state index in [9.17, 15) is 21.6 Å². The van der Waals surface area contributed by atoms with Crippen molar-refractivity contribution in [3.05, 3.63) is 94.5 Å². The maximum Gasteiger partial charge on any atom is 0.417 e. The van der Waals surface area contributed by atoms with Crippen LogP contribution in [0.1, 0.15) is 16.7 Å². The van der Waals surface area contributed by atoms with Crippen LogP contribution in [0.5, 0.6) is 0 Å². The van der Waals surface area contributed by atoms with Gasteiger partial charge in [-0.3, -0.25) is 4.90 Å². The Kier molecular flexibility index (Phi) is 7.45. The zero-order chi connectivity index (χ0) is 25.2. The molecule has 0 amide bonds. The number of anilines is 1.